The Kier molecular flexibility index (Phi) is 3.78. The van der Waals surface area contributed by atoms with E-state index in [9.17, 15) is 4.79 Å². The van der Waals surface area contributed by atoms with Gasteiger partial charge in [0.25, 0.3) is 0 Å². The Morgan fingerprint density at radius 1 is 1.13 bits per heavy atom. The molecule has 118 valence electrons. The fraction of sp³-hybridized carbons (Fsp3) is 0.222. The van der Waals surface area contributed by atoms with E-state index in [-0.39, 0.29) is 5.97 Å². The predicted molar refractivity (Wildman–Crippen MR) is 88.9 cm³/mol. The fourth-order valence-electron chi connectivity index (χ4n) is 2.55. The molecule has 5 nitrogen and oxygen atoms in total. The average molecular weight is 310 g/mol. The Bertz CT molecular complexity index is 897. The van der Waals surface area contributed by atoms with Crippen molar-refractivity contribution in [2.75, 3.05) is 14.2 Å². The molecule has 23 heavy (non-hydrogen) atoms. The van der Waals surface area contributed by atoms with Crippen molar-refractivity contribution in [2.45, 2.75) is 13.8 Å². The number of ether oxygens (including phenoxy) is 2. The zero-order valence-corrected chi connectivity index (χ0v) is 13.6. The lowest BCUT2D eigenvalue weighted by molar-refractivity contribution is 0.0601. The van der Waals surface area contributed by atoms with Crippen LogP contribution >= 0.6 is 0 Å². The van der Waals surface area contributed by atoms with E-state index in [0.29, 0.717) is 11.4 Å². The van der Waals surface area contributed by atoms with Gasteiger partial charge < -0.3 is 14.5 Å². The second-order valence-corrected chi connectivity index (χ2v) is 5.42. The molecule has 0 fully saturated rings. The van der Waals surface area contributed by atoms with Crippen LogP contribution in [0.3, 0.4) is 0 Å². The average Bonchev–Trinajstić information content (AvgIpc) is 2.98. The summed E-state index contributed by atoms with van der Waals surface area (Å²) in [7, 11) is 2.99. The normalized spacial score (nSPS) is 10.8. The number of hydrogen-bond acceptors (Lipinski definition) is 4. The summed E-state index contributed by atoms with van der Waals surface area (Å²) in [6, 6.07) is 9.45. The molecule has 0 unspecified atom stereocenters. The maximum atomic E-state index is 11.7. The molecule has 0 aliphatic heterocycles. The van der Waals surface area contributed by atoms with Gasteiger partial charge in [0.1, 0.15) is 0 Å². The summed E-state index contributed by atoms with van der Waals surface area (Å²) < 4.78 is 10.2. The molecule has 0 bridgehead atoms. The summed E-state index contributed by atoms with van der Waals surface area (Å²) in [6.07, 6.45) is 0. The minimum atomic E-state index is -0.347. The number of rotatable bonds is 3. The summed E-state index contributed by atoms with van der Waals surface area (Å²) in [5.41, 5.74) is 5.29. The maximum absolute atomic E-state index is 11.7. The molecule has 0 amide bonds. The molecular weight excluding hydrogens is 292 g/mol. The lowest BCUT2D eigenvalue weighted by Gasteiger charge is -2.09. The molecule has 3 rings (SSSR count). The van der Waals surface area contributed by atoms with Crippen molar-refractivity contribution >= 4 is 16.9 Å². The first-order valence-electron chi connectivity index (χ1n) is 7.27. The lowest BCUT2D eigenvalue weighted by Crippen LogP contribution is -2.00. The van der Waals surface area contributed by atoms with Crippen molar-refractivity contribution in [3.63, 3.8) is 0 Å². The number of nitrogens with one attached hydrogen (secondary N) is 1. The molecule has 0 aliphatic carbocycles. The van der Waals surface area contributed by atoms with Gasteiger partial charge in [0.15, 0.2) is 0 Å². The number of fused-ring (bicyclic) bond motifs is 1. The first-order valence-corrected chi connectivity index (χ1v) is 7.27. The topological polar surface area (TPSA) is 64.2 Å². The molecule has 1 N–H and O–H groups in total. The second kappa shape index (κ2) is 5.76. The summed E-state index contributed by atoms with van der Waals surface area (Å²) in [4.78, 5) is 19.5. The van der Waals surface area contributed by atoms with Crippen LogP contribution in [-0.2, 0) is 4.74 Å². The maximum Gasteiger partial charge on any atom is 0.337 e. The Balaban J connectivity index is 2.14. The number of aromatic nitrogens is 2. The number of esters is 1. The number of hydrogen-bond donors (Lipinski definition) is 1. The smallest absolute Gasteiger partial charge is 0.337 e. The van der Waals surface area contributed by atoms with Crippen LogP contribution in [0.1, 0.15) is 21.6 Å². The van der Waals surface area contributed by atoms with Gasteiger partial charge in [-0.1, -0.05) is 0 Å². The largest absolute Gasteiger partial charge is 0.480 e. The van der Waals surface area contributed by atoms with Gasteiger partial charge in [0.2, 0.25) is 5.88 Å². The summed E-state index contributed by atoms with van der Waals surface area (Å²) in [5.74, 6) is 0.230. The standard InChI is InChI=1S/C18H18N2O3/c1-10-7-14(17(22-3)19-11(10)2)16-9-13-8-12(18(21)23-4)5-6-15(13)20-16/h5-9,20H,1-4H3. The Labute approximate surface area is 134 Å². The molecule has 3 aromatic rings. The van der Waals surface area contributed by atoms with Crippen LogP contribution in [0.25, 0.3) is 22.2 Å². The lowest BCUT2D eigenvalue weighted by atomic mass is 10.1. The van der Waals surface area contributed by atoms with Crippen LogP contribution in [0.5, 0.6) is 5.88 Å². The van der Waals surface area contributed by atoms with Gasteiger partial charge in [0, 0.05) is 16.6 Å². The third kappa shape index (κ3) is 2.65. The monoisotopic (exact) mass is 310 g/mol. The second-order valence-electron chi connectivity index (χ2n) is 5.42. The molecule has 0 aliphatic rings. The number of carbonyl (C=O) groups is 1. The molecule has 5 heteroatoms. The minimum Gasteiger partial charge on any atom is -0.480 e. The van der Waals surface area contributed by atoms with E-state index in [1.165, 1.54) is 7.11 Å². The first kappa shape index (κ1) is 15.1. The van der Waals surface area contributed by atoms with Crippen molar-refractivity contribution in [3.8, 4) is 17.1 Å². The zero-order valence-electron chi connectivity index (χ0n) is 13.6. The van der Waals surface area contributed by atoms with E-state index in [0.717, 1.165) is 33.4 Å². The molecule has 0 atom stereocenters. The minimum absolute atomic E-state index is 0.347. The van der Waals surface area contributed by atoms with Gasteiger partial charge in [-0.25, -0.2) is 9.78 Å². The third-order valence-corrected chi connectivity index (χ3v) is 3.96. The Morgan fingerprint density at radius 3 is 2.61 bits per heavy atom. The van der Waals surface area contributed by atoms with Crippen LogP contribution < -0.4 is 4.74 Å². The number of aryl methyl sites for hydroxylation is 2. The molecule has 0 saturated heterocycles. The van der Waals surface area contributed by atoms with E-state index < -0.39 is 0 Å². The van der Waals surface area contributed by atoms with Crippen molar-refractivity contribution in [1.29, 1.82) is 0 Å². The molecule has 2 heterocycles. The van der Waals surface area contributed by atoms with Crippen LogP contribution in [0.15, 0.2) is 30.3 Å². The van der Waals surface area contributed by atoms with Crippen LogP contribution in [0.4, 0.5) is 0 Å². The Hall–Kier alpha value is -2.82. The number of carbonyl (C=O) groups excluding carboxylic acids is 1. The van der Waals surface area contributed by atoms with Crippen LogP contribution in [0, 0.1) is 13.8 Å². The van der Waals surface area contributed by atoms with Gasteiger partial charge in [-0.15, -0.1) is 0 Å². The van der Waals surface area contributed by atoms with Crippen LogP contribution in [-0.4, -0.2) is 30.2 Å². The molecule has 0 saturated carbocycles. The quantitative estimate of drug-likeness (QED) is 0.750. The van der Waals surface area contributed by atoms with Crippen molar-refractivity contribution in [3.05, 3.63) is 47.2 Å². The number of nitrogens with zero attached hydrogens (tertiary/aromatic N) is 1. The van der Waals surface area contributed by atoms with E-state index in [2.05, 4.69) is 9.97 Å². The highest BCUT2D eigenvalue weighted by atomic mass is 16.5. The number of pyridine rings is 1. The van der Waals surface area contributed by atoms with Crippen molar-refractivity contribution in [2.24, 2.45) is 0 Å². The third-order valence-electron chi connectivity index (χ3n) is 3.96. The van der Waals surface area contributed by atoms with Gasteiger partial charge in [-0.3, -0.25) is 0 Å². The number of methoxy groups -OCH3 is 2. The highest BCUT2D eigenvalue weighted by Crippen LogP contribution is 2.32. The van der Waals surface area contributed by atoms with E-state index in [1.54, 1.807) is 13.2 Å². The zero-order chi connectivity index (χ0) is 16.6. The van der Waals surface area contributed by atoms with Crippen molar-refractivity contribution < 1.29 is 14.3 Å². The van der Waals surface area contributed by atoms with E-state index >= 15 is 0 Å². The fourth-order valence-corrected chi connectivity index (χ4v) is 2.55. The van der Waals surface area contributed by atoms with Gasteiger partial charge in [-0.2, -0.15) is 0 Å². The molecule has 2 aromatic heterocycles. The summed E-state index contributed by atoms with van der Waals surface area (Å²) in [6.45, 7) is 3.97. The summed E-state index contributed by atoms with van der Waals surface area (Å²) in [5, 5.41) is 0.934. The highest BCUT2D eigenvalue weighted by molar-refractivity contribution is 5.96. The van der Waals surface area contributed by atoms with Crippen molar-refractivity contribution in [1.82, 2.24) is 9.97 Å². The first-order chi connectivity index (χ1) is 11.0. The predicted octanol–water partition coefficient (Wildman–Crippen LogP) is 3.64. The number of H-pyrrole nitrogens is 1. The van der Waals surface area contributed by atoms with Gasteiger partial charge >= 0.3 is 5.97 Å². The molecule has 1 aromatic carbocycles. The summed E-state index contributed by atoms with van der Waals surface area (Å²) >= 11 is 0. The molecule has 0 spiro atoms. The molecular formula is C18H18N2O3. The highest BCUT2D eigenvalue weighted by Gasteiger charge is 2.14. The molecule has 0 radical (unpaired) electrons. The SMILES string of the molecule is COC(=O)c1ccc2[nH]c(-c3cc(C)c(C)nc3OC)cc2c1. The Morgan fingerprint density at radius 2 is 1.91 bits per heavy atom. The number of aromatic amines is 1. The van der Waals surface area contributed by atoms with Gasteiger partial charge in [-0.05, 0) is 49.7 Å². The van der Waals surface area contributed by atoms with Crippen LogP contribution in [0.2, 0.25) is 0 Å². The van der Waals surface area contributed by atoms with Gasteiger partial charge in [0.05, 0.1) is 31.0 Å². The van der Waals surface area contributed by atoms with E-state index in [4.69, 9.17) is 9.47 Å². The van der Waals surface area contributed by atoms with E-state index in [1.807, 2.05) is 38.1 Å². The number of benzene rings is 1.